The molecule has 6 heteroatoms. The summed E-state index contributed by atoms with van der Waals surface area (Å²) in [5.74, 6) is -0.973. The summed E-state index contributed by atoms with van der Waals surface area (Å²) in [5.41, 5.74) is 3.80. The van der Waals surface area contributed by atoms with Gasteiger partial charge in [0.2, 0.25) is 0 Å². The summed E-state index contributed by atoms with van der Waals surface area (Å²) in [7, 11) is 5.42. The average molecular weight is 443 g/mol. The fraction of sp³-hybridized carbons (Fsp3) is 0.185. The average Bonchev–Trinajstić information content (AvgIpc) is 3.09. The van der Waals surface area contributed by atoms with Crippen LogP contribution in [0.4, 0.5) is 11.4 Å². The number of hydrogen-bond acceptors (Lipinski definition) is 5. The molecule has 1 amide bonds. The van der Waals surface area contributed by atoms with Crippen molar-refractivity contribution in [3.63, 3.8) is 0 Å². The van der Waals surface area contributed by atoms with E-state index < -0.39 is 17.7 Å². The van der Waals surface area contributed by atoms with E-state index in [1.807, 2.05) is 74.4 Å². The number of Topliss-reactive ketones (excluding diaryl/α,β-unsaturated/α-hetero) is 1. The number of nitrogens with zero attached hydrogens (tertiary/aromatic N) is 2. The number of ether oxygens (including phenoxy) is 1. The molecule has 0 aromatic heterocycles. The van der Waals surface area contributed by atoms with E-state index in [-0.39, 0.29) is 11.3 Å². The maximum Gasteiger partial charge on any atom is 0.300 e. The van der Waals surface area contributed by atoms with Crippen molar-refractivity contribution in [2.75, 3.05) is 31.0 Å². The minimum Gasteiger partial charge on any atom is -0.507 e. The highest BCUT2D eigenvalue weighted by molar-refractivity contribution is 6.51. The zero-order valence-electron chi connectivity index (χ0n) is 19.1. The molecule has 4 rings (SSSR count). The fourth-order valence-corrected chi connectivity index (χ4v) is 4.07. The number of methoxy groups -OCH3 is 1. The number of hydrogen-bond donors (Lipinski definition) is 1. The number of carbonyl (C=O) groups is 2. The molecular weight excluding hydrogens is 416 g/mol. The van der Waals surface area contributed by atoms with Gasteiger partial charge in [-0.05, 0) is 61.0 Å². The molecule has 6 nitrogen and oxygen atoms in total. The van der Waals surface area contributed by atoms with Crippen molar-refractivity contribution < 1.29 is 19.4 Å². The second kappa shape index (κ2) is 8.82. The highest BCUT2D eigenvalue weighted by Gasteiger charge is 2.47. The highest BCUT2D eigenvalue weighted by Crippen LogP contribution is 2.42. The van der Waals surface area contributed by atoms with Gasteiger partial charge in [-0.2, -0.15) is 0 Å². The van der Waals surface area contributed by atoms with Gasteiger partial charge < -0.3 is 14.7 Å². The Bertz CT molecular complexity index is 1230. The third kappa shape index (κ3) is 4.07. The molecule has 1 N–H and O–H groups in total. The molecule has 1 fully saturated rings. The van der Waals surface area contributed by atoms with Crippen molar-refractivity contribution in [2.24, 2.45) is 0 Å². The van der Waals surface area contributed by atoms with Crippen molar-refractivity contribution in [2.45, 2.75) is 13.0 Å². The SMILES string of the molecule is COc1ccc(/C(O)=C2/C(=O)C(=O)N(c3ccc(N(C)C)cc3)C2c2cccc(C)c2)cc1. The van der Waals surface area contributed by atoms with E-state index in [2.05, 4.69) is 0 Å². The third-order valence-electron chi connectivity index (χ3n) is 5.81. The predicted octanol–water partition coefficient (Wildman–Crippen LogP) is 4.70. The second-order valence-corrected chi connectivity index (χ2v) is 8.22. The van der Waals surface area contributed by atoms with Gasteiger partial charge >= 0.3 is 0 Å². The summed E-state index contributed by atoms with van der Waals surface area (Å²) >= 11 is 0. The van der Waals surface area contributed by atoms with Crippen LogP contribution in [0.15, 0.2) is 78.4 Å². The van der Waals surface area contributed by atoms with E-state index in [1.54, 1.807) is 31.4 Å². The zero-order chi connectivity index (χ0) is 23.7. The zero-order valence-corrected chi connectivity index (χ0v) is 19.1. The summed E-state index contributed by atoms with van der Waals surface area (Å²) in [4.78, 5) is 29.9. The van der Waals surface area contributed by atoms with Gasteiger partial charge in [0.05, 0.1) is 18.7 Å². The Morgan fingerprint density at radius 2 is 1.64 bits per heavy atom. The topological polar surface area (TPSA) is 70.1 Å². The Hall–Kier alpha value is -4.06. The van der Waals surface area contributed by atoms with E-state index in [1.165, 1.54) is 4.90 Å². The predicted molar refractivity (Wildman–Crippen MR) is 130 cm³/mol. The van der Waals surface area contributed by atoms with E-state index in [0.29, 0.717) is 17.0 Å². The maximum atomic E-state index is 13.2. The van der Waals surface area contributed by atoms with Crippen LogP contribution in [-0.4, -0.2) is 38.0 Å². The van der Waals surface area contributed by atoms with Gasteiger partial charge in [-0.25, -0.2) is 0 Å². The van der Waals surface area contributed by atoms with Crippen LogP contribution < -0.4 is 14.5 Å². The molecule has 1 heterocycles. The van der Waals surface area contributed by atoms with Crippen LogP contribution in [-0.2, 0) is 9.59 Å². The molecule has 0 aliphatic carbocycles. The van der Waals surface area contributed by atoms with Gasteiger partial charge in [-0.1, -0.05) is 29.8 Å². The minimum absolute atomic E-state index is 0.0625. The number of aliphatic hydroxyl groups is 1. The first kappa shape index (κ1) is 22.1. The van der Waals surface area contributed by atoms with Crippen LogP contribution in [0.5, 0.6) is 5.75 Å². The molecule has 1 unspecified atom stereocenters. The number of aliphatic hydroxyl groups excluding tert-OH is 1. The minimum atomic E-state index is -0.753. The number of amides is 1. The Kier molecular flexibility index (Phi) is 5.92. The molecule has 1 saturated heterocycles. The lowest BCUT2D eigenvalue weighted by Crippen LogP contribution is -2.29. The van der Waals surface area contributed by atoms with E-state index in [0.717, 1.165) is 16.8 Å². The molecule has 0 bridgehead atoms. The van der Waals surface area contributed by atoms with Gasteiger partial charge in [0.15, 0.2) is 0 Å². The Morgan fingerprint density at radius 1 is 0.970 bits per heavy atom. The number of ketones is 1. The van der Waals surface area contributed by atoms with Crippen molar-refractivity contribution in [1.29, 1.82) is 0 Å². The molecule has 168 valence electrons. The van der Waals surface area contributed by atoms with Crippen LogP contribution in [0.1, 0.15) is 22.7 Å². The first-order valence-electron chi connectivity index (χ1n) is 10.6. The van der Waals surface area contributed by atoms with Crippen LogP contribution >= 0.6 is 0 Å². The maximum absolute atomic E-state index is 13.2. The fourth-order valence-electron chi connectivity index (χ4n) is 4.07. The Labute approximate surface area is 193 Å². The van der Waals surface area contributed by atoms with Crippen LogP contribution in [0.25, 0.3) is 5.76 Å². The van der Waals surface area contributed by atoms with Gasteiger partial charge in [0.1, 0.15) is 11.5 Å². The van der Waals surface area contributed by atoms with Gasteiger partial charge in [0, 0.05) is 31.0 Å². The lowest BCUT2D eigenvalue weighted by Gasteiger charge is -2.26. The lowest BCUT2D eigenvalue weighted by atomic mass is 9.94. The monoisotopic (exact) mass is 442 g/mol. The number of aryl methyl sites for hydroxylation is 1. The molecule has 0 radical (unpaired) electrons. The number of benzene rings is 3. The normalized spacial score (nSPS) is 17.3. The lowest BCUT2D eigenvalue weighted by molar-refractivity contribution is -0.132. The van der Waals surface area contributed by atoms with E-state index in [4.69, 9.17) is 4.74 Å². The summed E-state index contributed by atoms with van der Waals surface area (Å²) in [6, 6.07) is 21.0. The van der Waals surface area contributed by atoms with E-state index >= 15 is 0 Å². The van der Waals surface area contributed by atoms with Crippen molar-refractivity contribution in [3.8, 4) is 5.75 Å². The quantitative estimate of drug-likeness (QED) is 0.353. The standard InChI is InChI=1S/C27H26N2O4/c1-17-6-5-7-19(16-17)24-23(25(30)18-8-14-22(33-4)15-9-18)26(31)27(32)29(24)21-12-10-20(11-13-21)28(2)3/h5-16,24,30H,1-4H3/b25-23-. The summed E-state index contributed by atoms with van der Waals surface area (Å²) in [6.45, 7) is 1.95. The smallest absolute Gasteiger partial charge is 0.300 e. The van der Waals surface area contributed by atoms with Crippen molar-refractivity contribution in [1.82, 2.24) is 0 Å². The van der Waals surface area contributed by atoms with Gasteiger partial charge in [0.25, 0.3) is 11.7 Å². The molecule has 1 aliphatic heterocycles. The molecule has 1 aliphatic rings. The largest absolute Gasteiger partial charge is 0.507 e. The Balaban J connectivity index is 1.89. The first-order chi connectivity index (χ1) is 15.8. The van der Waals surface area contributed by atoms with Crippen molar-refractivity contribution >= 4 is 28.8 Å². The molecule has 33 heavy (non-hydrogen) atoms. The first-order valence-corrected chi connectivity index (χ1v) is 10.6. The molecule has 1 atom stereocenters. The summed E-state index contributed by atoms with van der Waals surface area (Å²) < 4.78 is 5.19. The van der Waals surface area contributed by atoms with Crippen molar-refractivity contribution in [3.05, 3.63) is 95.1 Å². The summed E-state index contributed by atoms with van der Waals surface area (Å²) in [5, 5.41) is 11.2. The van der Waals surface area contributed by atoms with E-state index in [9.17, 15) is 14.7 Å². The summed E-state index contributed by atoms with van der Waals surface area (Å²) in [6.07, 6.45) is 0. The Morgan fingerprint density at radius 3 is 2.21 bits per heavy atom. The van der Waals surface area contributed by atoms with Crippen LogP contribution in [0.2, 0.25) is 0 Å². The molecular formula is C27H26N2O4. The molecule has 0 saturated carbocycles. The third-order valence-corrected chi connectivity index (χ3v) is 5.81. The number of carbonyl (C=O) groups excluding carboxylic acids is 2. The van der Waals surface area contributed by atoms with Crippen LogP contribution in [0.3, 0.4) is 0 Å². The van der Waals surface area contributed by atoms with Crippen LogP contribution in [0, 0.1) is 6.92 Å². The number of rotatable bonds is 5. The molecule has 3 aromatic rings. The van der Waals surface area contributed by atoms with Gasteiger partial charge in [-0.3, -0.25) is 14.5 Å². The highest BCUT2D eigenvalue weighted by atomic mass is 16.5. The molecule has 3 aromatic carbocycles. The van der Waals surface area contributed by atoms with Gasteiger partial charge in [-0.15, -0.1) is 0 Å². The molecule has 0 spiro atoms. The number of anilines is 2. The second-order valence-electron chi connectivity index (χ2n) is 8.22.